The first-order valence-electron chi connectivity index (χ1n) is 6.93. The molecule has 0 radical (unpaired) electrons. The molecule has 0 amide bonds. The van der Waals surface area contributed by atoms with Crippen molar-refractivity contribution in [3.63, 3.8) is 0 Å². The van der Waals surface area contributed by atoms with Crippen molar-refractivity contribution in [1.29, 1.82) is 0 Å². The standard InChI is InChI=1S/C15H25N3/c1-12-3-4-14(16)11-15(12)17-8-5-13-6-9-18(2)10-7-13/h3-4,11,13,17H,5-10,16H2,1-2H3. The Kier molecular flexibility index (Phi) is 4.48. The lowest BCUT2D eigenvalue weighted by atomic mass is 9.94. The predicted molar refractivity (Wildman–Crippen MR) is 78.9 cm³/mol. The van der Waals surface area contributed by atoms with E-state index in [2.05, 4.69) is 30.3 Å². The molecule has 0 unspecified atom stereocenters. The van der Waals surface area contributed by atoms with E-state index in [1.54, 1.807) is 0 Å². The minimum absolute atomic E-state index is 0.836. The number of nitrogens with two attached hydrogens (primary N) is 1. The molecule has 1 fully saturated rings. The molecule has 0 bridgehead atoms. The van der Waals surface area contributed by atoms with Crippen LogP contribution in [0, 0.1) is 12.8 Å². The van der Waals surface area contributed by atoms with Crippen molar-refractivity contribution >= 4 is 11.4 Å². The monoisotopic (exact) mass is 247 g/mol. The lowest BCUT2D eigenvalue weighted by molar-refractivity contribution is 0.215. The Morgan fingerprint density at radius 1 is 1.33 bits per heavy atom. The Hall–Kier alpha value is -1.22. The predicted octanol–water partition coefficient (Wildman–Crippen LogP) is 2.72. The molecular weight excluding hydrogens is 222 g/mol. The van der Waals surface area contributed by atoms with Crippen LogP contribution in [0.2, 0.25) is 0 Å². The summed E-state index contributed by atoms with van der Waals surface area (Å²) in [4.78, 5) is 2.42. The summed E-state index contributed by atoms with van der Waals surface area (Å²) in [6.45, 7) is 5.68. The van der Waals surface area contributed by atoms with Gasteiger partial charge in [0.25, 0.3) is 0 Å². The van der Waals surface area contributed by atoms with Crippen molar-refractivity contribution < 1.29 is 0 Å². The summed E-state index contributed by atoms with van der Waals surface area (Å²) in [5.41, 5.74) is 9.10. The first kappa shape index (κ1) is 13.2. The Bertz CT molecular complexity index is 381. The van der Waals surface area contributed by atoms with E-state index in [0.717, 1.165) is 18.2 Å². The van der Waals surface area contributed by atoms with Gasteiger partial charge in [0.05, 0.1) is 0 Å². The van der Waals surface area contributed by atoms with Crippen LogP contribution in [-0.2, 0) is 0 Å². The number of nitrogen functional groups attached to an aromatic ring is 1. The highest BCUT2D eigenvalue weighted by molar-refractivity contribution is 5.59. The van der Waals surface area contributed by atoms with Gasteiger partial charge in [0.15, 0.2) is 0 Å². The third-order valence-electron chi connectivity index (χ3n) is 3.97. The number of likely N-dealkylation sites (tertiary alicyclic amines) is 1. The Morgan fingerprint density at radius 2 is 2.06 bits per heavy atom. The first-order chi connectivity index (χ1) is 8.65. The molecule has 1 aliphatic rings. The van der Waals surface area contributed by atoms with Gasteiger partial charge in [0.2, 0.25) is 0 Å². The van der Waals surface area contributed by atoms with Crippen LogP contribution >= 0.6 is 0 Å². The summed E-state index contributed by atoms with van der Waals surface area (Å²) < 4.78 is 0. The molecule has 1 aromatic carbocycles. The molecule has 0 atom stereocenters. The van der Waals surface area contributed by atoms with Crippen molar-refractivity contribution in [2.75, 3.05) is 37.7 Å². The van der Waals surface area contributed by atoms with Crippen LogP contribution in [0.4, 0.5) is 11.4 Å². The molecular formula is C15H25N3. The lowest BCUT2D eigenvalue weighted by Crippen LogP contribution is -2.30. The van der Waals surface area contributed by atoms with Gasteiger partial charge < -0.3 is 16.0 Å². The summed E-state index contributed by atoms with van der Waals surface area (Å²) in [7, 11) is 2.21. The Balaban J connectivity index is 1.76. The fourth-order valence-electron chi connectivity index (χ4n) is 2.59. The van der Waals surface area contributed by atoms with Crippen molar-refractivity contribution in [2.24, 2.45) is 5.92 Å². The van der Waals surface area contributed by atoms with Gasteiger partial charge in [-0.2, -0.15) is 0 Å². The van der Waals surface area contributed by atoms with E-state index in [1.165, 1.54) is 43.6 Å². The molecule has 2 rings (SSSR count). The van der Waals surface area contributed by atoms with Gasteiger partial charge >= 0.3 is 0 Å². The lowest BCUT2D eigenvalue weighted by Gasteiger charge is -2.29. The number of rotatable bonds is 4. The van der Waals surface area contributed by atoms with Gasteiger partial charge in [-0.25, -0.2) is 0 Å². The summed E-state index contributed by atoms with van der Waals surface area (Å²) in [6, 6.07) is 6.06. The normalized spacial score (nSPS) is 17.9. The van der Waals surface area contributed by atoms with Crippen LogP contribution in [0.3, 0.4) is 0 Å². The molecule has 0 spiro atoms. The smallest absolute Gasteiger partial charge is 0.0390 e. The van der Waals surface area contributed by atoms with E-state index in [0.29, 0.717) is 0 Å². The Labute approximate surface area is 110 Å². The number of hydrogen-bond acceptors (Lipinski definition) is 3. The van der Waals surface area contributed by atoms with E-state index in [-0.39, 0.29) is 0 Å². The maximum atomic E-state index is 5.81. The van der Waals surface area contributed by atoms with E-state index >= 15 is 0 Å². The molecule has 100 valence electrons. The maximum Gasteiger partial charge on any atom is 0.0390 e. The zero-order valence-corrected chi connectivity index (χ0v) is 11.6. The highest BCUT2D eigenvalue weighted by Crippen LogP contribution is 2.21. The highest BCUT2D eigenvalue weighted by atomic mass is 15.1. The average molecular weight is 247 g/mol. The van der Waals surface area contributed by atoms with Gasteiger partial charge in [0.1, 0.15) is 0 Å². The minimum atomic E-state index is 0.836. The van der Waals surface area contributed by atoms with Crippen LogP contribution in [0.15, 0.2) is 18.2 Å². The van der Waals surface area contributed by atoms with Crippen molar-refractivity contribution in [3.05, 3.63) is 23.8 Å². The quantitative estimate of drug-likeness (QED) is 0.804. The second-order valence-corrected chi connectivity index (χ2v) is 5.54. The zero-order valence-electron chi connectivity index (χ0n) is 11.6. The minimum Gasteiger partial charge on any atom is -0.399 e. The fourth-order valence-corrected chi connectivity index (χ4v) is 2.59. The van der Waals surface area contributed by atoms with E-state index in [1.807, 2.05) is 12.1 Å². The fraction of sp³-hybridized carbons (Fsp3) is 0.600. The number of aryl methyl sites for hydroxylation is 1. The second-order valence-electron chi connectivity index (χ2n) is 5.54. The summed E-state index contributed by atoms with van der Waals surface area (Å²) in [6.07, 6.45) is 3.95. The third kappa shape index (κ3) is 3.64. The molecule has 18 heavy (non-hydrogen) atoms. The molecule has 3 N–H and O–H groups in total. The Morgan fingerprint density at radius 3 is 2.78 bits per heavy atom. The van der Waals surface area contributed by atoms with Gasteiger partial charge in [-0.05, 0) is 69.9 Å². The number of nitrogens with zero attached hydrogens (tertiary/aromatic N) is 1. The summed E-state index contributed by atoms with van der Waals surface area (Å²) in [5, 5.41) is 3.52. The van der Waals surface area contributed by atoms with Crippen molar-refractivity contribution in [3.8, 4) is 0 Å². The van der Waals surface area contributed by atoms with Crippen molar-refractivity contribution in [1.82, 2.24) is 4.90 Å². The molecule has 1 saturated heterocycles. The molecule has 1 aliphatic heterocycles. The molecule has 3 nitrogen and oxygen atoms in total. The molecule has 0 aliphatic carbocycles. The summed E-state index contributed by atoms with van der Waals surface area (Å²) >= 11 is 0. The topological polar surface area (TPSA) is 41.3 Å². The number of piperidine rings is 1. The molecule has 0 saturated carbocycles. The maximum absolute atomic E-state index is 5.81. The number of anilines is 2. The molecule has 1 aromatic rings. The number of nitrogens with one attached hydrogen (secondary N) is 1. The third-order valence-corrected chi connectivity index (χ3v) is 3.97. The summed E-state index contributed by atoms with van der Waals surface area (Å²) in [5.74, 6) is 0.884. The van der Waals surface area contributed by atoms with Gasteiger partial charge in [-0.1, -0.05) is 6.07 Å². The average Bonchev–Trinajstić information content (AvgIpc) is 2.36. The van der Waals surface area contributed by atoms with E-state index < -0.39 is 0 Å². The molecule has 0 aromatic heterocycles. The molecule has 3 heteroatoms. The molecule has 1 heterocycles. The van der Waals surface area contributed by atoms with Gasteiger partial charge in [0, 0.05) is 17.9 Å². The van der Waals surface area contributed by atoms with E-state index in [9.17, 15) is 0 Å². The van der Waals surface area contributed by atoms with Crippen LogP contribution in [-0.4, -0.2) is 31.6 Å². The van der Waals surface area contributed by atoms with Gasteiger partial charge in [-0.3, -0.25) is 0 Å². The second kappa shape index (κ2) is 6.10. The van der Waals surface area contributed by atoms with Crippen LogP contribution < -0.4 is 11.1 Å². The van der Waals surface area contributed by atoms with Gasteiger partial charge in [-0.15, -0.1) is 0 Å². The van der Waals surface area contributed by atoms with Crippen molar-refractivity contribution in [2.45, 2.75) is 26.2 Å². The largest absolute Gasteiger partial charge is 0.399 e. The van der Waals surface area contributed by atoms with Crippen LogP contribution in [0.1, 0.15) is 24.8 Å². The SMILES string of the molecule is Cc1ccc(N)cc1NCCC1CCN(C)CC1. The first-order valence-corrected chi connectivity index (χ1v) is 6.93. The van der Waals surface area contributed by atoms with Crippen LogP contribution in [0.5, 0.6) is 0 Å². The number of benzene rings is 1. The highest BCUT2D eigenvalue weighted by Gasteiger charge is 2.15. The number of hydrogen-bond donors (Lipinski definition) is 2. The van der Waals surface area contributed by atoms with Crippen LogP contribution in [0.25, 0.3) is 0 Å². The van der Waals surface area contributed by atoms with E-state index in [4.69, 9.17) is 5.73 Å². The zero-order chi connectivity index (χ0) is 13.0.